The fourth-order valence-electron chi connectivity index (χ4n) is 3.00. The maximum absolute atomic E-state index is 14.0. The second-order valence-electron chi connectivity index (χ2n) is 5.55. The van der Waals surface area contributed by atoms with Gasteiger partial charge in [0.25, 0.3) is 5.91 Å². The first-order chi connectivity index (χ1) is 11.1. The number of carbonyl (C=O) groups is 1. The van der Waals surface area contributed by atoms with Crippen LogP contribution in [0.4, 0.5) is 4.39 Å². The molecule has 0 aromatic heterocycles. The molecule has 1 atom stereocenters. The van der Waals surface area contributed by atoms with E-state index in [1.165, 1.54) is 18.2 Å². The van der Waals surface area contributed by atoms with Crippen LogP contribution in [0.3, 0.4) is 0 Å². The highest BCUT2D eigenvalue weighted by atomic mass is 35.5. The average Bonchev–Trinajstić information content (AvgIpc) is 3.06. The molecular formula is C18H17ClFNO2. The summed E-state index contributed by atoms with van der Waals surface area (Å²) in [6.07, 6.45) is 1.75. The molecule has 3 nitrogen and oxygen atoms in total. The van der Waals surface area contributed by atoms with E-state index >= 15 is 0 Å². The number of hydrogen-bond donors (Lipinski definition) is 0. The molecule has 2 aromatic carbocycles. The molecule has 1 fully saturated rings. The van der Waals surface area contributed by atoms with Crippen LogP contribution in [0.2, 0.25) is 5.02 Å². The smallest absolute Gasteiger partial charge is 0.257 e. The molecular weight excluding hydrogens is 317 g/mol. The Hall–Kier alpha value is -2.07. The Kier molecular flexibility index (Phi) is 4.53. The van der Waals surface area contributed by atoms with Crippen molar-refractivity contribution in [3.8, 4) is 5.75 Å². The number of halogens is 2. The van der Waals surface area contributed by atoms with Crippen molar-refractivity contribution in [1.29, 1.82) is 0 Å². The molecule has 3 rings (SSSR count). The zero-order valence-electron chi connectivity index (χ0n) is 12.8. The maximum Gasteiger partial charge on any atom is 0.257 e. The van der Waals surface area contributed by atoms with Gasteiger partial charge in [0.1, 0.15) is 11.6 Å². The van der Waals surface area contributed by atoms with Crippen LogP contribution in [0.25, 0.3) is 0 Å². The monoisotopic (exact) mass is 333 g/mol. The highest BCUT2D eigenvalue weighted by Crippen LogP contribution is 2.34. The molecule has 0 saturated carbocycles. The number of rotatable bonds is 3. The molecule has 0 spiro atoms. The number of hydrogen-bond acceptors (Lipinski definition) is 2. The van der Waals surface area contributed by atoms with Gasteiger partial charge in [-0.1, -0.05) is 23.7 Å². The molecule has 0 bridgehead atoms. The van der Waals surface area contributed by atoms with Gasteiger partial charge in [0.05, 0.1) is 18.7 Å². The summed E-state index contributed by atoms with van der Waals surface area (Å²) < 4.78 is 19.1. The van der Waals surface area contributed by atoms with Crippen molar-refractivity contribution >= 4 is 17.5 Å². The third-order valence-corrected chi connectivity index (χ3v) is 4.41. The first-order valence-corrected chi connectivity index (χ1v) is 7.88. The van der Waals surface area contributed by atoms with Crippen molar-refractivity contribution < 1.29 is 13.9 Å². The third kappa shape index (κ3) is 3.17. The number of carbonyl (C=O) groups excluding carboxylic acids is 1. The molecule has 2 aromatic rings. The molecule has 23 heavy (non-hydrogen) atoms. The van der Waals surface area contributed by atoms with Gasteiger partial charge in [-0.2, -0.15) is 0 Å². The maximum atomic E-state index is 14.0. The van der Waals surface area contributed by atoms with E-state index in [-0.39, 0.29) is 17.5 Å². The number of nitrogens with zero attached hydrogens (tertiary/aromatic N) is 1. The van der Waals surface area contributed by atoms with Gasteiger partial charge < -0.3 is 9.64 Å². The van der Waals surface area contributed by atoms with Gasteiger partial charge in [0, 0.05) is 11.6 Å². The van der Waals surface area contributed by atoms with Gasteiger partial charge in [-0.05, 0) is 48.7 Å². The van der Waals surface area contributed by atoms with Gasteiger partial charge in [-0.3, -0.25) is 4.79 Å². The number of methoxy groups -OCH3 is 1. The van der Waals surface area contributed by atoms with Crippen LogP contribution in [-0.4, -0.2) is 24.5 Å². The molecule has 1 saturated heterocycles. The second-order valence-corrected chi connectivity index (χ2v) is 5.99. The molecule has 0 N–H and O–H groups in total. The summed E-state index contributed by atoms with van der Waals surface area (Å²) in [4.78, 5) is 14.4. The van der Waals surface area contributed by atoms with Crippen molar-refractivity contribution in [2.75, 3.05) is 13.7 Å². The van der Waals surface area contributed by atoms with Crippen molar-refractivity contribution in [3.05, 3.63) is 64.4 Å². The minimum atomic E-state index is -0.542. The van der Waals surface area contributed by atoms with Gasteiger partial charge >= 0.3 is 0 Å². The van der Waals surface area contributed by atoms with Crippen molar-refractivity contribution in [2.45, 2.75) is 18.9 Å². The molecule has 1 unspecified atom stereocenters. The normalized spacial score (nSPS) is 17.3. The standard InChI is InChI=1S/C18H17ClFNO2/c1-23-14-7-4-12(5-8-14)17-3-2-10-21(17)18(22)15-11-13(19)6-9-16(15)20/h4-9,11,17H,2-3,10H2,1H3. The summed E-state index contributed by atoms with van der Waals surface area (Å²) in [5, 5.41) is 0.356. The quantitative estimate of drug-likeness (QED) is 0.829. The van der Waals surface area contributed by atoms with Crippen molar-refractivity contribution in [2.24, 2.45) is 0 Å². The Labute approximate surface area is 139 Å². The van der Waals surface area contributed by atoms with E-state index in [1.807, 2.05) is 24.3 Å². The zero-order chi connectivity index (χ0) is 16.4. The number of benzene rings is 2. The van der Waals surface area contributed by atoms with Crippen molar-refractivity contribution in [1.82, 2.24) is 4.90 Å². The lowest BCUT2D eigenvalue weighted by molar-refractivity contribution is 0.0731. The lowest BCUT2D eigenvalue weighted by Gasteiger charge is -2.25. The van der Waals surface area contributed by atoms with Gasteiger partial charge in [0.15, 0.2) is 0 Å². The lowest BCUT2D eigenvalue weighted by atomic mass is 10.0. The topological polar surface area (TPSA) is 29.5 Å². The van der Waals surface area contributed by atoms with E-state index in [4.69, 9.17) is 16.3 Å². The Bertz CT molecular complexity index is 717. The predicted octanol–water partition coefficient (Wildman–Crippen LogP) is 4.47. The summed E-state index contributed by atoms with van der Waals surface area (Å²) in [5.74, 6) is -0.0893. The Morgan fingerprint density at radius 2 is 2.00 bits per heavy atom. The first kappa shape index (κ1) is 15.8. The lowest BCUT2D eigenvalue weighted by Crippen LogP contribution is -2.31. The Balaban J connectivity index is 1.88. The fourth-order valence-corrected chi connectivity index (χ4v) is 3.17. The molecule has 1 aliphatic heterocycles. The summed E-state index contributed by atoms with van der Waals surface area (Å²) in [7, 11) is 1.61. The summed E-state index contributed by atoms with van der Waals surface area (Å²) in [5.41, 5.74) is 1.05. The van der Waals surface area contributed by atoms with Gasteiger partial charge in [-0.15, -0.1) is 0 Å². The van der Waals surface area contributed by atoms with Crippen LogP contribution in [-0.2, 0) is 0 Å². The average molecular weight is 334 g/mol. The first-order valence-electron chi connectivity index (χ1n) is 7.50. The van der Waals surface area contributed by atoms with Crippen LogP contribution < -0.4 is 4.74 Å². The van der Waals surface area contributed by atoms with Gasteiger partial charge in [0.2, 0.25) is 0 Å². The summed E-state index contributed by atoms with van der Waals surface area (Å²) in [6, 6.07) is 11.7. The van der Waals surface area contributed by atoms with E-state index in [0.29, 0.717) is 11.6 Å². The molecule has 1 aliphatic rings. The molecule has 5 heteroatoms. The van der Waals surface area contributed by atoms with E-state index in [1.54, 1.807) is 12.0 Å². The highest BCUT2D eigenvalue weighted by molar-refractivity contribution is 6.31. The minimum absolute atomic E-state index is 0.0258. The minimum Gasteiger partial charge on any atom is -0.497 e. The Morgan fingerprint density at radius 1 is 1.26 bits per heavy atom. The number of likely N-dealkylation sites (tertiary alicyclic amines) is 1. The third-order valence-electron chi connectivity index (χ3n) is 4.17. The predicted molar refractivity (Wildman–Crippen MR) is 87.4 cm³/mol. The fraction of sp³-hybridized carbons (Fsp3) is 0.278. The van der Waals surface area contributed by atoms with Crippen LogP contribution in [0, 0.1) is 5.82 Å². The molecule has 0 radical (unpaired) electrons. The molecule has 1 amide bonds. The SMILES string of the molecule is COc1ccc(C2CCCN2C(=O)c2cc(Cl)ccc2F)cc1. The van der Waals surface area contributed by atoms with Crippen molar-refractivity contribution in [3.63, 3.8) is 0 Å². The van der Waals surface area contributed by atoms with E-state index < -0.39 is 5.82 Å². The number of amides is 1. The number of ether oxygens (including phenoxy) is 1. The van der Waals surface area contributed by atoms with Crippen LogP contribution in [0.15, 0.2) is 42.5 Å². The molecule has 0 aliphatic carbocycles. The highest BCUT2D eigenvalue weighted by Gasteiger charge is 2.31. The molecule has 120 valence electrons. The van der Waals surface area contributed by atoms with Gasteiger partial charge in [-0.25, -0.2) is 4.39 Å². The summed E-state index contributed by atoms with van der Waals surface area (Å²) >= 11 is 5.90. The largest absolute Gasteiger partial charge is 0.497 e. The van der Waals surface area contributed by atoms with Crippen LogP contribution >= 0.6 is 11.6 Å². The molecule has 1 heterocycles. The van der Waals surface area contributed by atoms with E-state index in [0.717, 1.165) is 24.2 Å². The van der Waals surface area contributed by atoms with Crippen LogP contribution in [0.1, 0.15) is 34.8 Å². The second kappa shape index (κ2) is 6.59. The van der Waals surface area contributed by atoms with Crippen LogP contribution in [0.5, 0.6) is 5.75 Å². The Morgan fingerprint density at radius 3 is 2.70 bits per heavy atom. The van der Waals surface area contributed by atoms with E-state index in [2.05, 4.69) is 0 Å². The van der Waals surface area contributed by atoms with E-state index in [9.17, 15) is 9.18 Å². The summed E-state index contributed by atoms with van der Waals surface area (Å²) in [6.45, 7) is 0.613. The zero-order valence-corrected chi connectivity index (χ0v) is 13.5.